The number of carbonyl (C=O) groups is 1. The van der Waals surface area contributed by atoms with E-state index >= 15 is 0 Å². The molecule has 15 heavy (non-hydrogen) atoms. The third-order valence-electron chi connectivity index (χ3n) is 1.90. The number of ether oxygens (including phenoxy) is 1. The first kappa shape index (κ1) is 11.3. The molecular weight excluding hydrogens is 194 g/mol. The fourth-order valence-electron chi connectivity index (χ4n) is 1.12. The van der Waals surface area contributed by atoms with Crippen LogP contribution in [0.1, 0.15) is 12.0 Å². The highest BCUT2D eigenvalue weighted by atomic mass is 16.5. The van der Waals surface area contributed by atoms with Crippen molar-refractivity contribution in [2.24, 2.45) is 0 Å². The molecule has 0 saturated heterocycles. The molecule has 82 valence electrons. The number of methoxy groups -OCH3 is 1. The number of aryl methyl sites for hydroxylation is 1. The minimum absolute atomic E-state index is 0.256. The predicted octanol–water partition coefficient (Wildman–Crippen LogP) is 0.947. The first-order valence-corrected chi connectivity index (χ1v) is 4.66. The topological polar surface area (TPSA) is 77.2 Å². The predicted molar refractivity (Wildman–Crippen MR) is 58.5 cm³/mol. The molecule has 0 atom stereocenters. The maximum atomic E-state index is 10.8. The molecule has 0 spiro atoms. The van der Waals surface area contributed by atoms with Gasteiger partial charge in [-0.15, -0.1) is 0 Å². The van der Waals surface area contributed by atoms with Crippen LogP contribution >= 0.6 is 0 Å². The summed E-state index contributed by atoms with van der Waals surface area (Å²) >= 11 is 0. The molecule has 0 aromatic carbocycles. The van der Waals surface area contributed by atoms with E-state index in [0.29, 0.717) is 24.5 Å². The van der Waals surface area contributed by atoms with Crippen molar-refractivity contribution in [1.82, 2.24) is 4.98 Å². The van der Waals surface area contributed by atoms with Gasteiger partial charge in [-0.1, -0.05) is 0 Å². The third kappa shape index (κ3) is 3.46. The molecule has 1 aromatic rings. The second-order valence-electron chi connectivity index (χ2n) is 3.20. The molecule has 0 aliphatic carbocycles. The fourth-order valence-corrected chi connectivity index (χ4v) is 1.12. The molecule has 1 aromatic heterocycles. The second-order valence-corrected chi connectivity index (χ2v) is 3.20. The number of esters is 1. The van der Waals surface area contributed by atoms with Gasteiger partial charge >= 0.3 is 5.97 Å². The van der Waals surface area contributed by atoms with Crippen LogP contribution in [0, 0.1) is 6.92 Å². The van der Waals surface area contributed by atoms with Crippen LogP contribution in [0.25, 0.3) is 0 Å². The molecule has 0 bridgehead atoms. The molecule has 5 heteroatoms. The van der Waals surface area contributed by atoms with Gasteiger partial charge in [0.05, 0.1) is 19.2 Å². The van der Waals surface area contributed by atoms with E-state index in [1.807, 2.05) is 13.0 Å². The number of aromatic nitrogens is 1. The summed E-state index contributed by atoms with van der Waals surface area (Å²) in [5.41, 5.74) is 7.32. The summed E-state index contributed by atoms with van der Waals surface area (Å²) < 4.78 is 4.51. The summed E-state index contributed by atoms with van der Waals surface area (Å²) in [4.78, 5) is 14.9. The quantitative estimate of drug-likeness (QED) is 0.722. The summed E-state index contributed by atoms with van der Waals surface area (Å²) in [7, 11) is 1.36. The maximum Gasteiger partial charge on any atom is 0.307 e. The average Bonchev–Trinajstić information content (AvgIpc) is 2.21. The molecule has 1 heterocycles. The normalized spacial score (nSPS) is 9.73. The zero-order valence-electron chi connectivity index (χ0n) is 8.91. The molecule has 3 N–H and O–H groups in total. The molecule has 0 radical (unpaired) electrons. The Morgan fingerprint density at radius 2 is 2.40 bits per heavy atom. The van der Waals surface area contributed by atoms with Gasteiger partial charge in [-0.05, 0) is 18.6 Å². The maximum absolute atomic E-state index is 10.8. The van der Waals surface area contributed by atoms with Crippen molar-refractivity contribution in [2.45, 2.75) is 13.3 Å². The Labute approximate surface area is 88.6 Å². The molecule has 0 fully saturated rings. The number of nitrogens with one attached hydrogen (secondary N) is 1. The van der Waals surface area contributed by atoms with Gasteiger partial charge in [-0.3, -0.25) is 4.79 Å². The molecule has 5 nitrogen and oxygen atoms in total. The van der Waals surface area contributed by atoms with Gasteiger partial charge in [0, 0.05) is 12.7 Å². The SMILES string of the molecule is COC(=O)CCNc1ncc(C)cc1N. The summed E-state index contributed by atoms with van der Waals surface area (Å²) in [5.74, 6) is 0.345. The van der Waals surface area contributed by atoms with Crippen molar-refractivity contribution < 1.29 is 9.53 Å². The van der Waals surface area contributed by atoms with Crippen molar-refractivity contribution in [3.05, 3.63) is 17.8 Å². The molecule has 1 rings (SSSR count). The van der Waals surface area contributed by atoms with Gasteiger partial charge < -0.3 is 15.8 Å². The molecule has 0 aliphatic rings. The zero-order chi connectivity index (χ0) is 11.3. The molecule has 0 amide bonds. The van der Waals surface area contributed by atoms with Gasteiger partial charge in [0.2, 0.25) is 0 Å². The smallest absolute Gasteiger partial charge is 0.307 e. The van der Waals surface area contributed by atoms with Crippen LogP contribution in [-0.4, -0.2) is 24.6 Å². The standard InChI is InChI=1S/C10H15N3O2/c1-7-5-8(11)10(13-6-7)12-4-3-9(14)15-2/h5-6H,3-4,11H2,1-2H3,(H,12,13). The van der Waals surface area contributed by atoms with Gasteiger partial charge in [0.15, 0.2) is 0 Å². The Balaban J connectivity index is 2.47. The van der Waals surface area contributed by atoms with Gasteiger partial charge in [0.25, 0.3) is 0 Å². The van der Waals surface area contributed by atoms with E-state index in [1.54, 1.807) is 6.20 Å². The van der Waals surface area contributed by atoms with Crippen LogP contribution in [0.2, 0.25) is 0 Å². The van der Waals surface area contributed by atoms with Crippen molar-refractivity contribution in [2.75, 3.05) is 24.7 Å². The Morgan fingerprint density at radius 1 is 1.67 bits per heavy atom. The van der Waals surface area contributed by atoms with Crippen LogP contribution in [0.5, 0.6) is 0 Å². The molecule has 0 aliphatic heterocycles. The third-order valence-corrected chi connectivity index (χ3v) is 1.90. The van der Waals surface area contributed by atoms with Crippen LogP contribution in [0.3, 0.4) is 0 Å². The van der Waals surface area contributed by atoms with E-state index in [4.69, 9.17) is 5.73 Å². The highest BCUT2D eigenvalue weighted by molar-refractivity contribution is 5.70. The van der Waals surface area contributed by atoms with E-state index in [-0.39, 0.29) is 5.97 Å². The Hall–Kier alpha value is -1.78. The van der Waals surface area contributed by atoms with Crippen LogP contribution in [-0.2, 0) is 9.53 Å². The number of pyridine rings is 1. The van der Waals surface area contributed by atoms with E-state index in [2.05, 4.69) is 15.0 Å². The molecular formula is C10H15N3O2. The van der Waals surface area contributed by atoms with Gasteiger partial charge in [0.1, 0.15) is 5.82 Å². The average molecular weight is 209 g/mol. The van der Waals surface area contributed by atoms with E-state index in [1.165, 1.54) is 7.11 Å². The molecule has 0 saturated carbocycles. The van der Waals surface area contributed by atoms with E-state index < -0.39 is 0 Å². The second kappa shape index (κ2) is 5.19. The Bertz CT molecular complexity index is 353. The minimum atomic E-state index is -0.256. The number of anilines is 2. The number of rotatable bonds is 4. The highest BCUT2D eigenvalue weighted by Gasteiger charge is 2.02. The Morgan fingerprint density at radius 3 is 3.00 bits per heavy atom. The van der Waals surface area contributed by atoms with Crippen LogP contribution in [0.4, 0.5) is 11.5 Å². The van der Waals surface area contributed by atoms with Crippen molar-refractivity contribution in [1.29, 1.82) is 0 Å². The van der Waals surface area contributed by atoms with Gasteiger partial charge in [-0.2, -0.15) is 0 Å². The lowest BCUT2D eigenvalue weighted by atomic mass is 10.3. The number of hydrogen-bond acceptors (Lipinski definition) is 5. The lowest BCUT2D eigenvalue weighted by Gasteiger charge is -2.07. The zero-order valence-corrected chi connectivity index (χ0v) is 8.91. The minimum Gasteiger partial charge on any atom is -0.469 e. The summed E-state index contributed by atoms with van der Waals surface area (Å²) in [6, 6.07) is 1.83. The van der Waals surface area contributed by atoms with Crippen molar-refractivity contribution >= 4 is 17.5 Å². The van der Waals surface area contributed by atoms with Gasteiger partial charge in [-0.25, -0.2) is 4.98 Å². The lowest BCUT2D eigenvalue weighted by molar-refractivity contribution is -0.140. The monoisotopic (exact) mass is 209 g/mol. The van der Waals surface area contributed by atoms with Crippen LogP contribution in [0.15, 0.2) is 12.3 Å². The number of nitrogen functional groups attached to an aromatic ring is 1. The number of carbonyl (C=O) groups excluding carboxylic acids is 1. The highest BCUT2D eigenvalue weighted by Crippen LogP contribution is 2.15. The van der Waals surface area contributed by atoms with E-state index in [0.717, 1.165) is 5.56 Å². The Kier molecular flexibility index (Phi) is 3.91. The summed E-state index contributed by atoms with van der Waals surface area (Å²) in [6.07, 6.45) is 2.02. The van der Waals surface area contributed by atoms with E-state index in [9.17, 15) is 4.79 Å². The van der Waals surface area contributed by atoms with Crippen LogP contribution < -0.4 is 11.1 Å². The van der Waals surface area contributed by atoms with Crippen molar-refractivity contribution in [3.63, 3.8) is 0 Å². The number of nitrogens with two attached hydrogens (primary N) is 1. The lowest BCUT2D eigenvalue weighted by Crippen LogP contribution is -2.11. The fraction of sp³-hybridized carbons (Fsp3) is 0.400. The summed E-state index contributed by atoms with van der Waals surface area (Å²) in [6.45, 7) is 2.38. The van der Waals surface area contributed by atoms with Crippen molar-refractivity contribution in [3.8, 4) is 0 Å². The first-order valence-electron chi connectivity index (χ1n) is 4.66. The number of hydrogen-bond donors (Lipinski definition) is 2. The number of nitrogens with zero attached hydrogens (tertiary/aromatic N) is 1. The molecule has 0 unspecified atom stereocenters. The first-order chi connectivity index (χ1) is 7.13. The summed E-state index contributed by atoms with van der Waals surface area (Å²) in [5, 5.41) is 2.97. The largest absolute Gasteiger partial charge is 0.469 e.